The van der Waals surface area contributed by atoms with Crippen molar-refractivity contribution in [2.45, 2.75) is 19.4 Å². The number of nitrogens with zero attached hydrogens (tertiary/aromatic N) is 1. The molecule has 1 saturated heterocycles. The number of hydrogen-bond donors (Lipinski definition) is 2. The summed E-state index contributed by atoms with van der Waals surface area (Å²) in [7, 11) is 1.46. The number of thiophene rings is 1. The van der Waals surface area contributed by atoms with Gasteiger partial charge < -0.3 is 15.4 Å². The van der Waals surface area contributed by atoms with Crippen LogP contribution in [0.1, 0.15) is 18.1 Å². The minimum Gasteiger partial charge on any atom is -0.495 e. The van der Waals surface area contributed by atoms with Crippen LogP contribution < -0.4 is 15.4 Å². The van der Waals surface area contributed by atoms with E-state index < -0.39 is 29.9 Å². The van der Waals surface area contributed by atoms with Crippen molar-refractivity contribution in [1.82, 2.24) is 10.2 Å². The van der Waals surface area contributed by atoms with E-state index in [1.165, 1.54) is 18.4 Å². The predicted molar refractivity (Wildman–Crippen MR) is 103 cm³/mol. The number of methoxy groups -OCH3 is 1. The molecule has 1 aromatic heterocycles. The first-order chi connectivity index (χ1) is 12.8. The second kappa shape index (κ2) is 7.21. The second-order valence-electron chi connectivity index (χ2n) is 6.31. The number of rotatable bonds is 5. The van der Waals surface area contributed by atoms with E-state index in [0.717, 1.165) is 10.5 Å². The molecule has 0 saturated carbocycles. The highest BCUT2D eigenvalue weighted by Gasteiger charge is 2.49. The Labute approximate surface area is 165 Å². The van der Waals surface area contributed by atoms with Gasteiger partial charge in [-0.05, 0) is 47.9 Å². The molecule has 2 aromatic rings. The Bertz CT molecular complexity index is 916. The zero-order valence-electron chi connectivity index (χ0n) is 15.0. The smallest absolute Gasteiger partial charge is 0.325 e. The third-order valence-electron chi connectivity index (χ3n) is 4.43. The summed E-state index contributed by atoms with van der Waals surface area (Å²) < 4.78 is 5.22. The lowest BCUT2D eigenvalue weighted by atomic mass is 9.95. The largest absolute Gasteiger partial charge is 0.495 e. The Balaban J connectivity index is 1.76. The van der Waals surface area contributed by atoms with Crippen LogP contribution >= 0.6 is 22.9 Å². The zero-order valence-corrected chi connectivity index (χ0v) is 16.5. The number of anilines is 1. The number of carbonyl (C=O) groups is 3. The molecule has 1 aliphatic heterocycles. The Kier molecular flexibility index (Phi) is 5.12. The van der Waals surface area contributed by atoms with Gasteiger partial charge in [-0.2, -0.15) is 11.3 Å². The lowest BCUT2D eigenvalue weighted by Gasteiger charge is -2.20. The Morgan fingerprint density at radius 1 is 1.41 bits per heavy atom. The quantitative estimate of drug-likeness (QED) is 0.745. The van der Waals surface area contributed by atoms with Gasteiger partial charge in [0.1, 0.15) is 17.8 Å². The van der Waals surface area contributed by atoms with Crippen molar-refractivity contribution in [2.75, 3.05) is 19.0 Å². The molecule has 1 aliphatic rings. The molecule has 2 heterocycles. The predicted octanol–water partition coefficient (Wildman–Crippen LogP) is 3.12. The molecule has 7 nitrogen and oxygen atoms in total. The fourth-order valence-electron chi connectivity index (χ4n) is 2.85. The molecule has 1 atom stereocenters. The van der Waals surface area contributed by atoms with Crippen molar-refractivity contribution in [3.05, 3.63) is 45.1 Å². The highest BCUT2D eigenvalue weighted by atomic mass is 35.5. The maximum Gasteiger partial charge on any atom is 0.325 e. The van der Waals surface area contributed by atoms with E-state index in [1.807, 2.05) is 5.38 Å². The first-order valence-electron chi connectivity index (χ1n) is 8.07. The first-order valence-corrected chi connectivity index (χ1v) is 9.39. The molecule has 2 N–H and O–H groups in total. The van der Waals surface area contributed by atoms with Gasteiger partial charge in [-0.15, -0.1) is 0 Å². The Morgan fingerprint density at radius 2 is 2.15 bits per heavy atom. The molecule has 27 heavy (non-hydrogen) atoms. The van der Waals surface area contributed by atoms with Crippen LogP contribution in [0.4, 0.5) is 10.5 Å². The van der Waals surface area contributed by atoms with Crippen molar-refractivity contribution in [2.24, 2.45) is 0 Å². The number of nitrogens with one attached hydrogen (secondary N) is 2. The number of halogens is 1. The summed E-state index contributed by atoms with van der Waals surface area (Å²) in [5.74, 6) is -0.604. The van der Waals surface area contributed by atoms with Crippen LogP contribution in [0.25, 0.3) is 0 Å². The van der Waals surface area contributed by atoms with Crippen LogP contribution in [0, 0.1) is 6.92 Å². The second-order valence-corrected chi connectivity index (χ2v) is 7.50. The van der Waals surface area contributed by atoms with Gasteiger partial charge in [0.05, 0.1) is 12.8 Å². The Morgan fingerprint density at radius 3 is 2.78 bits per heavy atom. The fourth-order valence-corrected chi connectivity index (χ4v) is 3.77. The number of carbonyl (C=O) groups excluding carboxylic acids is 3. The van der Waals surface area contributed by atoms with Crippen LogP contribution in [0.5, 0.6) is 5.75 Å². The normalized spacial score (nSPS) is 19.2. The molecule has 4 amide bonds. The molecule has 9 heteroatoms. The lowest BCUT2D eigenvalue weighted by molar-refractivity contribution is -0.133. The molecule has 3 rings (SSSR count). The van der Waals surface area contributed by atoms with Crippen LogP contribution in [0.15, 0.2) is 29.0 Å². The van der Waals surface area contributed by atoms with Gasteiger partial charge in [-0.1, -0.05) is 11.6 Å². The summed E-state index contributed by atoms with van der Waals surface area (Å²) >= 11 is 7.49. The zero-order chi connectivity index (χ0) is 19.8. The van der Waals surface area contributed by atoms with Crippen LogP contribution in [0.3, 0.4) is 0 Å². The van der Waals surface area contributed by atoms with E-state index >= 15 is 0 Å². The first kappa shape index (κ1) is 19.2. The van der Waals surface area contributed by atoms with Crippen LogP contribution in [0.2, 0.25) is 5.02 Å². The number of amides is 4. The van der Waals surface area contributed by atoms with Crippen molar-refractivity contribution >= 4 is 46.5 Å². The SMILES string of the molecule is COc1cc(Cl)c(C)cc1NC(=O)CN1C(=O)N[C@](C)(c2ccsc2)C1=O. The third-order valence-corrected chi connectivity index (χ3v) is 5.52. The fraction of sp³-hybridized carbons (Fsp3) is 0.278. The summed E-state index contributed by atoms with van der Waals surface area (Å²) in [5, 5.41) is 9.45. The number of urea groups is 1. The van der Waals surface area contributed by atoms with E-state index in [1.54, 1.807) is 37.4 Å². The van der Waals surface area contributed by atoms with Crippen molar-refractivity contribution in [3.8, 4) is 5.75 Å². The summed E-state index contributed by atoms with van der Waals surface area (Å²) in [6.07, 6.45) is 0. The van der Waals surface area contributed by atoms with E-state index in [0.29, 0.717) is 22.0 Å². The monoisotopic (exact) mass is 407 g/mol. The number of benzene rings is 1. The van der Waals surface area contributed by atoms with Crippen molar-refractivity contribution < 1.29 is 19.1 Å². The molecule has 0 bridgehead atoms. The highest BCUT2D eigenvalue weighted by Crippen LogP contribution is 2.32. The average molecular weight is 408 g/mol. The maximum atomic E-state index is 12.8. The van der Waals surface area contributed by atoms with Gasteiger partial charge >= 0.3 is 6.03 Å². The Hall–Kier alpha value is -2.58. The summed E-state index contributed by atoms with van der Waals surface area (Å²) in [4.78, 5) is 38.4. The number of hydrogen-bond acceptors (Lipinski definition) is 5. The molecule has 1 fully saturated rings. The van der Waals surface area contributed by atoms with Gasteiger partial charge in [-0.25, -0.2) is 4.79 Å². The van der Waals surface area contributed by atoms with Gasteiger partial charge in [-0.3, -0.25) is 14.5 Å². The molecular weight excluding hydrogens is 390 g/mol. The molecule has 142 valence electrons. The van der Waals surface area contributed by atoms with Gasteiger partial charge in [0.2, 0.25) is 5.91 Å². The minimum absolute atomic E-state index is 0.388. The van der Waals surface area contributed by atoms with Gasteiger partial charge in [0, 0.05) is 11.1 Å². The third kappa shape index (κ3) is 3.50. The molecule has 1 aromatic carbocycles. The number of imide groups is 1. The van der Waals surface area contributed by atoms with E-state index in [9.17, 15) is 14.4 Å². The topological polar surface area (TPSA) is 87.7 Å². The van der Waals surface area contributed by atoms with E-state index in [-0.39, 0.29) is 0 Å². The minimum atomic E-state index is -1.17. The summed E-state index contributed by atoms with van der Waals surface area (Å²) in [6.45, 7) is 3.01. The van der Waals surface area contributed by atoms with Crippen molar-refractivity contribution in [3.63, 3.8) is 0 Å². The standard InChI is InChI=1S/C18H18ClN3O4S/c1-10-6-13(14(26-3)7-12(10)19)20-15(23)8-22-16(24)18(2,21-17(22)25)11-4-5-27-9-11/h4-7,9H,8H2,1-3H3,(H,20,23)(H,21,25)/t18-/m1/s1. The molecule has 0 unspecified atom stereocenters. The maximum absolute atomic E-state index is 12.8. The number of aryl methyl sites for hydroxylation is 1. The molecule has 0 spiro atoms. The average Bonchev–Trinajstić information content (AvgIpc) is 3.22. The summed E-state index contributed by atoms with van der Waals surface area (Å²) in [5.41, 5.74) is 0.680. The number of ether oxygens (including phenoxy) is 1. The van der Waals surface area contributed by atoms with Crippen LogP contribution in [-0.4, -0.2) is 36.4 Å². The van der Waals surface area contributed by atoms with Gasteiger partial charge in [0.25, 0.3) is 5.91 Å². The molecule has 0 radical (unpaired) electrons. The van der Waals surface area contributed by atoms with E-state index in [2.05, 4.69) is 10.6 Å². The van der Waals surface area contributed by atoms with E-state index in [4.69, 9.17) is 16.3 Å². The van der Waals surface area contributed by atoms with Crippen LogP contribution in [-0.2, 0) is 15.1 Å². The molecular formula is C18H18ClN3O4S. The molecule has 0 aliphatic carbocycles. The highest BCUT2D eigenvalue weighted by molar-refractivity contribution is 7.08. The van der Waals surface area contributed by atoms with Gasteiger partial charge in [0.15, 0.2) is 0 Å². The lowest BCUT2D eigenvalue weighted by Crippen LogP contribution is -2.41. The van der Waals surface area contributed by atoms with Crippen molar-refractivity contribution in [1.29, 1.82) is 0 Å². The summed E-state index contributed by atoms with van der Waals surface area (Å²) in [6, 6.07) is 4.42.